The second-order valence-electron chi connectivity index (χ2n) is 7.11. The van der Waals surface area contributed by atoms with Crippen LogP contribution < -0.4 is 10.6 Å². The average Bonchev–Trinajstić information content (AvgIpc) is 3.19. The van der Waals surface area contributed by atoms with Gasteiger partial charge in [0, 0.05) is 22.2 Å². The summed E-state index contributed by atoms with van der Waals surface area (Å²) in [6.07, 6.45) is 0. The molecule has 0 spiro atoms. The molecule has 0 aliphatic carbocycles. The molecule has 0 bridgehead atoms. The van der Waals surface area contributed by atoms with Gasteiger partial charge in [0.05, 0.1) is 5.25 Å². The number of nitrogens with zero attached hydrogens (tertiary/aromatic N) is 1. The zero-order chi connectivity index (χ0) is 21.8. The standard InChI is InChI=1S/C24H21N3O3S/c1-15-13-22(27-30-15)26-23(28)16(2)31-21-11-9-20(10-12-21)25-24(29)19-8-7-17-5-3-4-6-18(17)14-19/h3-14,16H,1-2H3,(H,25,29)(H,26,27,28). The van der Waals surface area contributed by atoms with E-state index >= 15 is 0 Å². The third-order valence-corrected chi connectivity index (χ3v) is 5.80. The Bertz CT molecular complexity index is 1230. The number of hydrogen-bond donors (Lipinski definition) is 2. The highest BCUT2D eigenvalue weighted by atomic mass is 32.2. The number of benzene rings is 3. The molecule has 2 amide bonds. The summed E-state index contributed by atoms with van der Waals surface area (Å²) >= 11 is 1.42. The molecule has 3 aromatic carbocycles. The van der Waals surface area contributed by atoms with Crippen molar-refractivity contribution >= 4 is 45.9 Å². The molecule has 0 saturated carbocycles. The van der Waals surface area contributed by atoms with E-state index in [1.54, 1.807) is 13.0 Å². The van der Waals surface area contributed by atoms with Crippen LogP contribution in [0.2, 0.25) is 0 Å². The first-order valence-electron chi connectivity index (χ1n) is 9.79. The summed E-state index contributed by atoms with van der Waals surface area (Å²) in [4.78, 5) is 25.8. The zero-order valence-electron chi connectivity index (χ0n) is 17.1. The van der Waals surface area contributed by atoms with E-state index in [1.165, 1.54) is 11.8 Å². The molecule has 31 heavy (non-hydrogen) atoms. The minimum Gasteiger partial charge on any atom is -0.360 e. The first-order valence-corrected chi connectivity index (χ1v) is 10.7. The normalized spacial score (nSPS) is 11.8. The van der Waals surface area contributed by atoms with Crippen LogP contribution in [0.25, 0.3) is 10.8 Å². The third-order valence-electron chi connectivity index (χ3n) is 4.69. The first kappa shape index (κ1) is 20.7. The van der Waals surface area contributed by atoms with Gasteiger partial charge in [0.2, 0.25) is 5.91 Å². The van der Waals surface area contributed by atoms with E-state index in [4.69, 9.17) is 4.52 Å². The van der Waals surface area contributed by atoms with Crippen molar-refractivity contribution in [2.45, 2.75) is 24.0 Å². The fourth-order valence-electron chi connectivity index (χ4n) is 3.06. The number of hydrogen-bond acceptors (Lipinski definition) is 5. The minimum absolute atomic E-state index is 0.160. The minimum atomic E-state index is -0.324. The van der Waals surface area contributed by atoms with Crippen molar-refractivity contribution in [2.24, 2.45) is 0 Å². The van der Waals surface area contributed by atoms with Gasteiger partial charge in [0.1, 0.15) is 5.76 Å². The molecule has 0 aliphatic heterocycles. The maximum absolute atomic E-state index is 12.6. The molecule has 1 aromatic heterocycles. The van der Waals surface area contributed by atoms with E-state index in [1.807, 2.05) is 73.7 Å². The lowest BCUT2D eigenvalue weighted by Crippen LogP contribution is -2.22. The summed E-state index contributed by atoms with van der Waals surface area (Å²) < 4.78 is 4.96. The van der Waals surface area contributed by atoms with Gasteiger partial charge in [-0.05, 0) is 61.0 Å². The van der Waals surface area contributed by atoms with Crippen LogP contribution in [0.1, 0.15) is 23.0 Å². The Labute approximate surface area is 184 Å². The van der Waals surface area contributed by atoms with Crippen LogP contribution in [-0.4, -0.2) is 22.2 Å². The molecule has 4 rings (SSSR count). The molecule has 7 heteroatoms. The van der Waals surface area contributed by atoms with E-state index in [9.17, 15) is 9.59 Å². The lowest BCUT2D eigenvalue weighted by molar-refractivity contribution is -0.115. The number of carbonyl (C=O) groups excluding carboxylic acids is 2. The predicted octanol–water partition coefficient (Wildman–Crippen LogP) is 5.51. The van der Waals surface area contributed by atoms with E-state index in [2.05, 4.69) is 15.8 Å². The molecule has 1 heterocycles. The van der Waals surface area contributed by atoms with Gasteiger partial charge in [-0.15, -0.1) is 11.8 Å². The van der Waals surface area contributed by atoms with Gasteiger partial charge >= 0.3 is 0 Å². The van der Waals surface area contributed by atoms with Crippen LogP contribution in [0.15, 0.2) is 82.2 Å². The molecule has 1 atom stereocenters. The van der Waals surface area contributed by atoms with E-state index in [0.29, 0.717) is 22.8 Å². The van der Waals surface area contributed by atoms with Crippen LogP contribution in [0, 0.1) is 6.92 Å². The Kier molecular flexibility index (Phi) is 6.04. The summed E-state index contributed by atoms with van der Waals surface area (Å²) in [6, 6.07) is 22.6. The van der Waals surface area contributed by atoms with Gasteiger partial charge in [0.15, 0.2) is 5.82 Å². The van der Waals surface area contributed by atoms with Crippen LogP contribution in [0.3, 0.4) is 0 Å². The highest BCUT2D eigenvalue weighted by Crippen LogP contribution is 2.26. The molecular weight excluding hydrogens is 410 g/mol. The molecule has 1 unspecified atom stereocenters. The number of thioether (sulfide) groups is 1. The van der Waals surface area contributed by atoms with E-state index in [0.717, 1.165) is 15.7 Å². The van der Waals surface area contributed by atoms with Crippen LogP contribution in [0.4, 0.5) is 11.5 Å². The van der Waals surface area contributed by atoms with Crippen LogP contribution >= 0.6 is 11.8 Å². The lowest BCUT2D eigenvalue weighted by atomic mass is 10.1. The highest BCUT2D eigenvalue weighted by molar-refractivity contribution is 8.00. The molecule has 4 aromatic rings. The van der Waals surface area contributed by atoms with Crippen molar-refractivity contribution in [3.63, 3.8) is 0 Å². The van der Waals surface area contributed by atoms with Crippen molar-refractivity contribution in [1.29, 1.82) is 0 Å². The molecule has 2 N–H and O–H groups in total. The largest absolute Gasteiger partial charge is 0.360 e. The van der Waals surface area contributed by atoms with Gasteiger partial charge in [-0.3, -0.25) is 9.59 Å². The number of aryl methyl sites for hydroxylation is 1. The number of nitrogens with one attached hydrogen (secondary N) is 2. The fourth-order valence-corrected chi connectivity index (χ4v) is 3.93. The molecule has 156 valence electrons. The molecule has 0 saturated heterocycles. The molecule has 6 nitrogen and oxygen atoms in total. The average molecular weight is 432 g/mol. The molecule has 0 radical (unpaired) electrons. The number of rotatable bonds is 6. The van der Waals surface area contributed by atoms with E-state index < -0.39 is 0 Å². The summed E-state index contributed by atoms with van der Waals surface area (Å²) in [5.74, 6) is 0.715. The van der Waals surface area contributed by atoms with Crippen molar-refractivity contribution in [3.05, 3.63) is 84.1 Å². The summed E-state index contributed by atoms with van der Waals surface area (Å²) in [6.45, 7) is 3.59. The molecular formula is C24H21N3O3S. The van der Waals surface area contributed by atoms with Crippen LogP contribution in [0.5, 0.6) is 0 Å². The smallest absolute Gasteiger partial charge is 0.255 e. The third kappa shape index (κ3) is 5.13. The predicted molar refractivity (Wildman–Crippen MR) is 124 cm³/mol. The maximum atomic E-state index is 12.6. The van der Waals surface area contributed by atoms with Gasteiger partial charge in [-0.25, -0.2) is 0 Å². The van der Waals surface area contributed by atoms with Gasteiger partial charge in [0.25, 0.3) is 5.91 Å². The highest BCUT2D eigenvalue weighted by Gasteiger charge is 2.16. The maximum Gasteiger partial charge on any atom is 0.255 e. The number of aromatic nitrogens is 1. The van der Waals surface area contributed by atoms with Crippen molar-refractivity contribution in [3.8, 4) is 0 Å². The first-order chi connectivity index (χ1) is 15.0. The summed E-state index contributed by atoms with van der Waals surface area (Å²) in [7, 11) is 0. The SMILES string of the molecule is Cc1cc(NC(=O)C(C)Sc2ccc(NC(=O)c3ccc4ccccc4c3)cc2)no1. The molecule has 0 fully saturated rings. The van der Waals surface area contributed by atoms with Crippen molar-refractivity contribution in [1.82, 2.24) is 5.16 Å². The summed E-state index contributed by atoms with van der Waals surface area (Å²) in [5, 5.41) is 11.2. The fraction of sp³-hybridized carbons (Fsp3) is 0.125. The number of carbonyl (C=O) groups is 2. The zero-order valence-corrected chi connectivity index (χ0v) is 17.9. The second-order valence-corrected chi connectivity index (χ2v) is 8.53. The quantitative estimate of drug-likeness (QED) is 0.393. The summed E-state index contributed by atoms with van der Waals surface area (Å²) in [5.41, 5.74) is 1.29. The molecule has 0 aliphatic rings. The number of amides is 2. The topological polar surface area (TPSA) is 84.2 Å². The van der Waals surface area contributed by atoms with Crippen molar-refractivity contribution < 1.29 is 14.1 Å². The Hall–Kier alpha value is -3.58. The Morgan fingerprint density at radius 3 is 2.39 bits per heavy atom. The van der Waals surface area contributed by atoms with Gasteiger partial charge in [-0.1, -0.05) is 35.5 Å². The Morgan fingerprint density at radius 2 is 1.68 bits per heavy atom. The van der Waals surface area contributed by atoms with Crippen LogP contribution in [-0.2, 0) is 4.79 Å². The lowest BCUT2D eigenvalue weighted by Gasteiger charge is -2.11. The Balaban J connectivity index is 1.35. The van der Waals surface area contributed by atoms with Crippen molar-refractivity contribution in [2.75, 3.05) is 10.6 Å². The van der Waals surface area contributed by atoms with E-state index in [-0.39, 0.29) is 17.1 Å². The van der Waals surface area contributed by atoms with Gasteiger partial charge < -0.3 is 15.2 Å². The number of anilines is 2. The monoisotopic (exact) mass is 431 g/mol. The number of fused-ring (bicyclic) bond motifs is 1. The Morgan fingerprint density at radius 1 is 0.935 bits per heavy atom. The van der Waals surface area contributed by atoms with Gasteiger partial charge in [-0.2, -0.15) is 0 Å². The second kappa shape index (κ2) is 9.06.